The number of carbonyl (C=O) groups excluding carboxylic acids is 1. The van der Waals surface area contributed by atoms with Crippen LogP contribution in [0.2, 0.25) is 0 Å². The first kappa shape index (κ1) is 24.4. The lowest BCUT2D eigenvalue weighted by Gasteiger charge is -2.24. The molecule has 1 saturated heterocycles. The molecular weight excluding hydrogens is 440 g/mol. The van der Waals surface area contributed by atoms with Crippen LogP contribution in [0.15, 0.2) is 54.7 Å². The van der Waals surface area contributed by atoms with Crippen LogP contribution in [0, 0.1) is 25.2 Å². The van der Waals surface area contributed by atoms with Crippen molar-refractivity contribution in [1.82, 2.24) is 15.6 Å². The molecule has 0 unspecified atom stereocenters. The van der Waals surface area contributed by atoms with Gasteiger partial charge in [-0.1, -0.05) is 18.2 Å². The smallest absolute Gasteiger partial charge is 0.251 e. The minimum Gasteiger partial charge on any atom is -0.491 e. The van der Waals surface area contributed by atoms with Gasteiger partial charge in [0.05, 0.1) is 18.2 Å². The number of carbonyl (C=O) groups is 1. The molecule has 0 aliphatic carbocycles. The van der Waals surface area contributed by atoms with Crippen LogP contribution in [0.3, 0.4) is 0 Å². The summed E-state index contributed by atoms with van der Waals surface area (Å²) in [6, 6.07) is 17.4. The predicted molar refractivity (Wildman–Crippen MR) is 134 cm³/mol. The molecule has 4 rings (SSSR count). The van der Waals surface area contributed by atoms with Crippen LogP contribution >= 0.6 is 0 Å². The van der Waals surface area contributed by atoms with Crippen LogP contribution < -0.4 is 15.4 Å². The minimum absolute atomic E-state index is 0.0538. The van der Waals surface area contributed by atoms with Crippen molar-refractivity contribution in [2.24, 2.45) is 0 Å². The lowest BCUT2D eigenvalue weighted by atomic mass is 9.96. The molecule has 0 radical (unpaired) electrons. The minimum atomic E-state index is -0.196. The number of hydrogen-bond acceptors (Lipinski definition) is 6. The quantitative estimate of drug-likeness (QED) is 0.523. The number of nitrogens with zero attached hydrogens (tertiary/aromatic N) is 2. The summed E-state index contributed by atoms with van der Waals surface area (Å²) < 4.78 is 11.8. The van der Waals surface area contributed by atoms with Crippen molar-refractivity contribution in [3.8, 4) is 22.9 Å². The maximum atomic E-state index is 13.1. The van der Waals surface area contributed by atoms with Crippen LogP contribution in [-0.4, -0.2) is 49.8 Å². The van der Waals surface area contributed by atoms with Crippen molar-refractivity contribution in [2.75, 3.05) is 32.8 Å². The third kappa shape index (κ3) is 6.66. The second kappa shape index (κ2) is 11.6. The third-order valence-electron chi connectivity index (χ3n) is 5.89. The molecule has 1 aromatic heterocycles. The topological polar surface area (TPSA) is 96.3 Å². The summed E-state index contributed by atoms with van der Waals surface area (Å²) in [5.74, 6) is 0.368. The third-order valence-corrected chi connectivity index (χ3v) is 5.89. The van der Waals surface area contributed by atoms with Gasteiger partial charge in [0.25, 0.3) is 5.91 Å². The molecule has 0 spiro atoms. The Morgan fingerprint density at radius 1 is 1.23 bits per heavy atom. The number of hydrogen-bond donors (Lipinski definition) is 2. The Labute approximate surface area is 206 Å². The molecule has 1 aliphatic heterocycles. The van der Waals surface area contributed by atoms with Gasteiger partial charge < -0.3 is 20.1 Å². The van der Waals surface area contributed by atoms with Gasteiger partial charge in [-0.15, -0.1) is 0 Å². The molecule has 2 heterocycles. The average molecular weight is 471 g/mol. The fraction of sp³-hybridized carbons (Fsp3) is 0.321. The van der Waals surface area contributed by atoms with E-state index in [0.717, 1.165) is 41.0 Å². The van der Waals surface area contributed by atoms with E-state index in [1.165, 1.54) is 0 Å². The fourth-order valence-electron chi connectivity index (χ4n) is 3.96. The number of rotatable bonds is 8. The van der Waals surface area contributed by atoms with Gasteiger partial charge in [0.15, 0.2) is 0 Å². The van der Waals surface area contributed by atoms with Crippen molar-refractivity contribution >= 4 is 5.91 Å². The van der Waals surface area contributed by atoms with E-state index < -0.39 is 0 Å². The zero-order chi connectivity index (χ0) is 24.6. The first-order valence-electron chi connectivity index (χ1n) is 11.8. The molecule has 1 fully saturated rings. The molecule has 3 aromatic rings. The Morgan fingerprint density at radius 3 is 2.86 bits per heavy atom. The molecule has 0 bridgehead atoms. The van der Waals surface area contributed by atoms with Gasteiger partial charge in [-0.25, -0.2) is 0 Å². The van der Waals surface area contributed by atoms with Crippen molar-refractivity contribution in [2.45, 2.75) is 26.4 Å². The van der Waals surface area contributed by atoms with E-state index in [9.17, 15) is 10.1 Å². The highest BCUT2D eigenvalue weighted by molar-refractivity contribution is 5.96. The second-order valence-electron chi connectivity index (χ2n) is 8.73. The van der Waals surface area contributed by atoms with Crippen LogP contribution in [0.1, 0.15) is 32.7 Å². The van der Waals surface area contributed by atoms with Crippen LogP contribution in [0.5, 0.6) is 5.75 Å². The van der Waals surface area contributed by atoms with Gasteiger partial charge in [-0.3, -0.25) is 9.78 Å². The van der Waals surface area contributed by atoms with E-state index in [0.29, 0.717) is 43.1 Å². The van der Waals surface area contributed by atoms with E-state index in [4.69, 9.17) is 9.47 Å². The maximum Gasteiger partial charge on any atom is 0.251 e. The zero-order valence-corrected chi connectivity index (χ0v) is 20.1. The van der Waals surface area contributed by atoms with Crippen LogP contribution in [-0.2, 0) is 11.2 Å². The molecule has 1 aliphatic rings. The summed E-state index contributed by atoms with van der Waals surface area (Å²) in [7, 11) is 0. The molecule has 7 heteroatoms. The highest BCUT2D eigenvalue weighted by Gasteiger charge is 2.17. The molecule has 1 atom stereocenters. The number of amides is 1. The van der Waals surface area contributed by atoms with Gasteiger partial charge in [-0.05, 0) is 72.9 Å². The first-order valence-corrected chi connectivity index (χ1v) is 11.8. The Balaban J connectivity index is 1.54. The Bertz CT molecular complexity index is 1210. The molecule has 0 saturated carbocycles. The Morgan fingerprint density at radius 2 is 2.11 bits per heavy atom. The monoisotopic (exact) mass is 470 g/mol. The molecule has 180 valence electrons. The summed E-state index contributed by atoms with van der Waals surface area (Å²) in [4.78, 5) is 17.4. The number of benzene rings is 2. The number of aryl methyl sites for hydroxylation is 2. The predicted octanol–water partition coefficient (Wildman–Crippen LogP) is 3.58. The zero-order valence-electron chi connectivity index (χ0n) is 20.1. The van der Waals surface area contributed by atoms with Crippen molar-refractivity contribution < 1.29 is 14.3 Å². The number of ether oxygens (including phenoxy) is 2. The standard InChI is InChI=1S/C28H30N4O3/c1-19-3-6-27(24(11-19)15-29)22-12-23(14-25(13-22)35-18-26-17-30-9-10-34-26)28(33)31-8-7-21-5-4-20(2)32-16-21/h3-6,11-14,16,26,30H,7-10,17-18H2,1-2H3,(H,31,33)/t26-/m1/s1. The molecular formula is C28H30N4O3. The molecule has 35 heavy (non-hydrogen) atoms. The largest absolute Gasteiger partial charge is 0.491 e. The molecule has 2 aromatic carbocycles. The number of morpholine rings is 1. The van der Waals surface area contributed by atoms with Gasteiger partial charge >= 0.3 is 0 Å². The summed E-state index contributed by atoms with van der Waals surface area (Å²) >= 11 is 0. The van der Waals surface area contributed by atoms with Gasteiger partial charge in [0.2, 0.25) is 0 Å². The summed E-state index contributed by atoms with van der Waals surface area (Å²) in [6.45, 7) is 6.95. The summed E-state index contributed by atoms with van der Waals surface area (Å²) in [6.07, 6.45) is 2.46. The average Bonchev–Trinajstić information content (AvgIpc) is 2.89. The fourth-order valence-corrected chi connectivity index (χ4v) is 3.96. The van der Waals surface area contributed by atoms with E-state index in [2.05, 4.69) is 21.7 Å². The van der Waals surface area contributed by atoms with Crippen LogP contribution in [0.4, 0.5) is 0 Å². The number of pyridine rings is 1. The van der Waals surface area contributed by atoms with Gasteiger partial charge in [-0.2, -0.15) is 5.26 Å². The first-order chi connectivity index (χ1) is 17.0. The normalized spacial score (nSPS) is 15.3. The summed E-state index contributed by atoms with van der Waals surface area (Å²) in [5, 5.41) is 16.0. The van der Waals surface area contributed by atoms with Gasteiger partial charge in [0.1, 0.15) is 18.5 Å². The summed E-state index contributed by atoms with van der Waals surface area (Å²) in [5.41, 5.74) is 5.58. The van der Waals surface area contributed by atoms with Crippen LogP contribution in [0.25, 0.3) is 11.1 Å². The highest BCUT2D eigenvalue weighted by Crippen LogP contribution is 2.29. The lowest BCUT2D eigenvalue weighted by Crippen LogP contribution is -2.41. The van der Waals surface area contributed by atoms with Crippen molar-refractivity contribution in [1.29, 1.82) is 5.26 Å². The Kier molecular flexibility index (Phi) is 8.09. The van der Waals surface area contributed by atoms with E-state index in [-0.39, 0.29) is 12.0 Å². The van der Waals surface area contributed by atoms with E-state index >= 15 is 0 Å². The number of nitrogens with one attached hydrogen (secondary N) is 2. The molecule has 7 nitrogen and oxygen atoms in total. The number of aromatic nitrogens is 1. The number of nitriles is 1. The Hall–Kier alpha value is -3.73. The van der Waals surface area contributed by atoms with E-state index in [1.807, 2.05) is 56.4 Å². The SMILES string of the molecule is Cc1ccc(-c2cc(OC[C@H]3CNCCO3)cc(C(=O)NCCc3ccc(C)nc3)c2)c(C#N)c1. The van der Waals surface area contributed by atoms with Crippen molar-refractivity contribution in [3.05, 3.63) is 82.7 Å². The highest BCUT2D eigenvalue weighted by atomic mass is 16.5. The lowest BCUT2D eigenvalue weighted by molar-refractivity contribution is 0.000195. The molecule has 2 N–H and O–H groups in total. The van der Waals surface area contributed by atoms with Crippen molar-refractivity contribution in [3.63, 3.8) is 0 Å². The second-order valence-corrected chi connectivity index (χ2v) is 8.73. The molecule has 1 amide bonds. The maximum absolute atomic E-state index is 13.1. The van der Waals surface area contributed by atoms with Gasteiger partial charge in [0, 0.05) is 37.1 Å². The van der Waals surface area contributed by atoms with E-state index in [1.54, 1.807) is 12.1 Å².